The fourth-order valence-corrected chi connectivity index (χ4v) is 3.14. The Labute approximate surface area is 126 Å². The lowest BCUT2D eigenvalue weighted by atomic mass is 10.1. The van der Waals surface area contributed by atoms with Crippen molar-refractivity contribution in [3.05, 3.63) is 47.3 Å². The predicted octanol–water partition coefficient (Wildman–Crippen LogP) is 3.50. The van der Waals surface area contributed by atoms with Crippen LogP contribution >= 0.6 is 0 Å². The van der Waals surface area contributed by atoms with Crippen LogP contribution in [0.2, 0.25) is 0 Å². The van der Waals surface area contributed by atoms with Crippen molar-refractivity contribution in [1.29, 1.82) is 0 Å². The number of methoxy groups -OCH3 is 1. The summed E-state index contributed by atoms with van der Waals surface area (Å²) < 4.78 is 7.45. The highest BCUT2D eigenvalue weighted by atomic mass is 16.5. The average molecular weight is 285 g/mol. The second-order valence-electron chi connectivity index (χ2n) is 5.85. The Kier molecular flexibility index (Phi) is 3.97. The number of aromatic nitrogens is 2. The monoisotopic (exact) mass is 285 g/mol. The molecule has 4 nitrogen and oxygen atoms in total. The Morgan fingerprint density at radius 2 is 2.24 bits per heavy atom. The van der Waals surface area contributed by atoms with Gasteiger partial charge in [-0.2, -0.15) is 0 Å². The highest BCUT2D eigenvalue weighted by Gasteiger charge is 2.23. The lowest BCUT2D eigenvalue weighted by molar-refractivity contribution is 0.163. The van der Waals surface area contributed by atoms with Gasteiger partial charge < -0.3 is 14.6 Å². The second-order valence-corrected chi connectivity index (χ2v) is 5.85. The molecule has 1 N–H and O–H groups in total. The third kappa shape index (κ3) is 2.81. The summed E-state index contributed by atoms with van der Waals surface area (Å²) in [6.07, 6.45) is 4.36. The van der Waals surface area contributed by atoms with Gasteiger partial charge in [-0.15, -0.1) is 0 Å². The molecule has 2 aromatic rings. The Balaban J connectivity index is 1.83. The van der Waals surface area contributed by atoms with Gasteiger partial charge in [0.25, 0.3) is 0 Å². The van der Waals surface area contributed by atoms with Gasteiger partial charge >= 0.3 is 0 Å². The minimum absolute atomic E-state index is 0.273. The molecule has 0 amide bonds. The number of hydrogen-bond acceptors (Lipinski definition) is 3. The van der Waals surface area contributed by atoms with Crippen LogP contribution in [0.1, 0.15) is 42.2 Å². The van der Waals surface area contributed by atoms with Gasteiger partial charge in [0.15, 0.2) is 0 Å². The molecule has 112 valence electrons. The third-order valence-electron chi connectivity index (χ3n) is 4.17. The molecule has 1 aliphatic carbocycles. The van der Waals surface area contributed by atoms with E-state index >= 15 is 0 Å². The van der Waals surface area contributed by atoms with Crippen LogP contribution in [0.15, 0.2) is 30.5 Å². The Bertz CT molecular complexity index is 620. The molecular weight excluding hydrogens is 262 g/mol. The zero-order valence-corrected chi connectivity index (χ0v) is 13.0. The van der Waals surface area contributed by atoms with Crippen LogP contribution in [0.4, 0.5) is 5.95 Å². The van der Waals surface area contributed by atoms with Crippen molar-refractivity contribution in [3.63, 3.8) is 0 Å². The fourth-order valence-electron chi connectivity index (χ4n) is 3.14. The number of benzene rings is 1. The van der Waals surface area contributed by atoms with E-state index in [9.17, 15) is 0 Å². The summed E-state index contributed by atoms with van der Waals surface area (Å²) in [5.74, 6) is 0.943. The van der Waals surface area contributed by atoms with E-state index in [4.69, 9.17) is 4.74 Å². The summed E-state index contributed by atoms with van der Waals surface area (Å²) in [6, 6.07) is 9.31. The fraction of sp³-hybridized carbons (Fsp3) is 0.471. The minimum Gasteiger partial charge on any atom is -0.383 e. The number of ether oxygens (including phenoxy) is 1. The number of aryl methyl sites for hydroxylation is 2. The summed E-state index contributed by atoms with van der Waals surface area (Å²) >= 11 is 0. The first-order chi connectivity index (χ1) is 10.2. The molecule has 0 saturated heterocycles. The molecule has 0 spiro atoms. The summed E-state index contributed by atoms with van der Waals surface area (Å²) in [7, 11) is 1.74. The molecule has 1 heterocycles. The van der Waals surface area contributed by atoms with Gasteiger partial charge in [-0.3, -0.25) is 0 Å². The van der Waals surface area contributed by atoms with Crippen LogP contribution in [0.3, 0.4) is 0 Å². The van der Waals surface area contributed by atoms with E-state index in [1.54, 1.807) is 7.11 Å². The molecule has 0 radical (unpaired) electrons. The molecule has 0 fully saturated rings. The van der Waals surface area contributed by atoms with E-state index in [2.05, 4.69) is 52.3 Å². The van der Waals surface area contributed by atoms with Crippen molar-refractivity contribution in [2.24, 2.45) is 0 Å². The average Bonchev–Trinajstić information content (AvgIpc) is 3.04. The van der Waals surface area contributed by atoms with Crippen molar-refractivity contribution in [3.8, 4) is 0 Å². The third-order valence-corrected chi connectivity index (χ3v) is 4.17. The van der Waals surface area contributed by atoms with E-state index in [0.717, 1.165) is 24.5 Å². The zero-order valence-electron chi connectivity index (χ0n) is 13.0. The van der Waals surface area contributed by atoms with Crippen molar-refractivity contribution >= 4 is 5.95 Å². The number of nitrogens with zero attached hydrogens (tertiary/aromatic N) is 2. The predicted molar refractivity (Wildman–Crippen MR) is 84.7 cm³/mol. The van der Waals surface area contributed by atoms with Crippen LogP contribution in [0.25, 0.3) is 0 Å². The van der Waals surface area contributed by atoms with Gasteiger partial charge in [0.2, 0.25) is 5.95 Å². The van der Waals surface area contributed by atoms with Crippen molar-refractivity contribution in [2.75, 3.05) is 19.0 Å². The van der Waals surface area contributed by atoms with E-state index in [1.807, 2.05) is 6.92 Å². The standard InChI is InChI=1S/C17H23N3O/c1-12-10-20(13(2)11-21-3)17(18-12)19-16-9-8-14-6-4-5-7-15(14)16/h4-7,10,13,16H,8-9,11H2,1-3H3,(H,18,19). The Hall–Kier alpha value is -1.81. The smallest absolute Gasteiger partial charge is 0.203 e. The number of anilines is 1. The Morgan fingerprint density at radius 1 is 1.43 bits per heavy atom. The van der Waals surface area contributed by atoms with E-state index in [-0.39, 0.29) is 6.04 Å². The van der Waals surface area contributed by atoms with Crippen LogP contribution in [-0.4, -0.2) is 23.3 Å². The molecule has 3 rings (SSSR count). The maximum absolute atomic E-state index is 5.27. The van der Waals surface area contributed by atoms with Crippen LogP contribution in [-0.2, 0) is 11.2 Å². The number of nitrogens with one attached hydrogen (secondary N) is 1. The first-order valence-corrected chi connectivity index (χ1v) is 7.57. The van der Waals surface area contributed by atoms with Gasteiger partial charge in [-0.05, 0) is 37.8 Å². The second kappa shape index (κ2) is 5.90. The molecule has 4 heteroatoms. The summed E-state index contributed by atoms with van der Waals surface area (Å²) in [4.78, 5) is 4.65. The first-order valence-electron chi connectivity index (χ1n) is 7.57. The van der Waals surface area contributed by atoms with Crippen LogP contribution in [0, 0.1) is 6.92 Å². The molecule has 0 saturated carbocycles. The maximum Gasteiger partial charge on any atom is 0.203 e. The molecule has 2 atom stereocenters. The number of imidazole rings is 1. The summed E-state index contributed by atoms with van der Waals surface area (Å²) in [6.45, 7) is 4.87. The van der Waals surface area contributed by atoms with Crippen molar-refractivity contribution in [2.45, 2.75) is 38.8 Å². The largest absolute Gasteiger partial charge is 0.383 e. The molecule has 1 aromatic heterocycles. The van der Waals surface area contributed by atoms with Crippen molar-refractivity contribution < 1.29 is 4.74 Å². The SMILES string of the molecule is COCC(C)n1cc(C)nc1NC1CCc2ccccc21. The molecular formula is C17H23N3O. The van der Waals surface area contributed by atoms with E-state index in [1.165, 1.54) is 11.1 Å². The van der Waals surface area contributed by atoms with Gasteiger partial charge in [-0.1, -0.05) is 24.3 Å². The minimum atomic E-state index is 0.273. The maximum atomic E-state index is 5.27. The topological polar surface area (TPSA) is 39.1 Å². The number of hydrogen-bond donors (Lipinski definition) is 1. The first kappa shape index (κ1) is 14.1. The Morgan fingerprint density at radius 3 is 3.05 bits per heavy atom. The molecule has 2 unspecified atom stereocenters. The molecule has 1 aliphatic rings. The van der Waals surface area contributed by atoms with E-state index in [0.29, 0.717) is 12.6 Å². The van der Waals surface area contributed by atoms with Gasteiger partial charge in [0, 0.05) is 13.3 Å². The highest BCUT2D eigenvalue weighted by Crippen LogP contribution is 2.33. The molecule has 0 aliphatic heterocycles. The number of fused-ring (bicyclic) bond motifs is 1. The number of rotatable bonds is 5. The highest BCUT2D eigenvalue weighted by molar-refractivity contribution is 5.41. The van der Waals surface area contributed by atoms with Crippen molar-refractivity contribution in [1.82, 2.24) is 9.55 Å². The quantitative estimate of drug-likeness (QED) is 0.914. The molecule has 0 bridgehead atoms. The molecule has 21 heavy (non-hydrogen) atoms. The van der Waals surface area contributed by atoms with Crippen LogP contribution in [0.5, 0.6) is 0 Å². The summed E-state index contributed by atoms with van der Waals surface area (Å²) in [5.41, 5.74) is 3.89. The van der Waals surface area contributed by atoms with Gasteiger partial charge in [-0.25, -0.2) is 4.98 Å². The van der Waals surface area contributed by atoms with Crippen LogP contribution < -0.4 is 5.32 Å². The normalized spacial score (nSPS) is 18.5. The zero-order chi connectivity index (χ0) is 14.8. The lowest BCUT2D eigenvalue weighted by Gasteiger charge is -2.19. The molecule has 1 aromatic carbocycles. The van der Waals surface area contributed by atoms with Gasteiger partial charge in [0.05, 0.1) is 24.4 Å². The van der Waals surface area contributed by atoms with E-state index < -0.39 is 0 Å². The van der Waals surface area contributed by atoms with Gasteiger partial charge in [0.1, 0.15) is 0 Å². The summed E-state index contributed by atoms with van der Waals surface area (Å²) in [5, 5.41) is 3.62. The lowest BCUT2D eigenvalue weighted by Crippen LogP contribution is -2.16.